The van der Waals surface area contributed by atoms with Crippen molar-refractivity contribution >= 4 is 22.8 Å². The molecule has 0 fully saturated rings. The molecule has 27 heavy (non-hydrogen) atoms. The van der Waals surface area contributed by atoms with E-state index in [1.54, 1.807) is 24.5 Å². The molecule has 0 saturated heterocycles. The van der Waals surface area contributed by atoms with E-state index in [4.69, 9.17) is 5.73 Å². The van der Waals surface area contributed by atoms with Gasteiger partial charge >= 0.3 is 18.1 Å². The molecule has 2 rings (SSSR count). The Morgan fingerprint density at radius 1 is 1.26 bits per heavy atom. The van der Waals surface area contributed by atoms with Crippen LogP contribution in [0.5, 0.6) is 0 Å². The van der Waals surface area contributed by atoms with Crippen molar-refractivity contribution < 1.29 is 27.5 Å². The molecular weight excluding hydrogens is 365 g/mol. The second-order valence-electron chi connectivity index (χ2n) is 5.97. The zero-order valence-electron chi connectivity index (χ0n) is 14.9. The highest BCUT2D eigenvalue weighted by Gasteiger charge is 2.43. The fourth-order valence-corrected chi connectivity index (χ4v) is 2.85. The summed E-state index contributed by atoms with van der Waals surface area (Å²) in [6.45, 7) is 4.26. The Balaban J connectivity index is 2.63. The highest BCUT2D eigenvalue weighted by Crippen LogP contribution is 2.22. The maximum atomic E-state index is 12.8. The van der Waals surface area contributed by atoms with Crippen molar-refractivity contribution in [2.24, 2.45) is 5.73 Å². The molecule has 0 amide bonds. The summed E-state index contributed by atoms with van der Waals surface area (Å²) in [7, 11) is 0. The number of ether oxygens (including phenoxy) is 1. The van der Waals surface area contributed by atoms with Crippen molar-refractivity contribution in [2.45, 2.75) is 39.4 Å². The van der Waals surface area contributed by atoms with E-state index in [0.29, 0.717) is 37.0 Å². The van der Waals surface area contributed by atoms with Gasteiger partial charge in [0.1, 0.15) is 5.56 Å². The fourth-order valence-electron chi connectivity index (χ4n) is 2.85. The van der Waals surface area contributed by atoms with Gasteiger partial charge in [0.15, 0.2) is 0 Å². The summed E-state index contributed by atoms with van der Waals surface area (Å²) in [6, 6.07) is 3.57. The van der Waals surface area contributed by atoms with Crippen LogP contribution in [0.3, 0.4) is 0 Å². The van der Waals surface area contributed by atoms with Crippen LogP contribution in [0.25, 0.3) is 10.9 Å². The number of halogens is 3. The lowest BCUT2D eigenvalue weighted by atomic mass is 9.98. The van der Waals surface area contributed by atoms with Crippen LogP contribution in [-0.2, 0) is 22.5 Å². The van der Waals surface area contributed by atoms with Crippen molar-refractivity contribution in [3.05, 3.63) is 45.2 Å². The van der Waals surface area contributed by atoms with Crippen molar-refractivity contribution in [1.82, 2.24) is 4.57 Å². The molecule has 0 unspecified atom stereocenters. The number of nitrogens with two attached hydrogens (primary N) is 1. The van der Waals surface area contributed by atoms with Gasteiger partial charge in [0.25, 0.3) is 0 Å². The second-order valence-corrected chi connectivity index (χ2v) is 5.97. The number of hydrogen-bond donors (Lipinski definition) is 1. The Kier molecular flexibility index (Phi) is 6.04. The largest absolute Gasteiger partial charge is 0.491 e. The maximum absolute atomic E-state index is 12.8. The number of pyridine rings is 1. The summed E-state index contributed by atoms with van der Waals surface area (Å²) in [4.78, 5) is 35.7. The van der Waals surface area contributed by atoms with Crippen LogP contribution in [0.1, 0.15) is 34.8 Å². The molecular formula is C18H19F3N2O4. The van der Waals surface area contributed by atoms with Crippen molar-refractivity contribution in [1.29, 1.82) is 0 Å². The third-order valence-corrected chi connectivity index (χ3v) is 4.25. The Morgan fingerprint density at radius 3 is 2.48 bits per heavy atom. The van der Waals surface area contributed by atoms with Crippen LogP contribution in [0.15, 0.2) is 23.1 Å². The van der Waals surface area contributed by atoms with E-state index < -0.39 is 29.1 Å². The molecule has 1 aromatic heterocycles. The van der Waals surface area contributed by atoms with E-state index in [-0.39, 0.29) is 5.39 Å². The number of aromatic nitrogens is 1. The van der Waals surface area contributed by atoms with Gasteiger partial charge in [-0.05, 0) is 50.4 Å². The smallest absolute Gasteiger partial charge is 0.382 e. The van der Waals surface area contributed by atoms with E-state index in [2.05, 4.69) is 4.74 Å². The van der Waals surface area contributed by atoms with E-state index in [1.165, 1.54) is 0 Å². The quantitative estimate of drug-likeness (QED) is 0.632. The van der Waals surface area contributed by atoms with Crippen LogP contribution >= 0.6 is 0 Å². The van der Waals surface area contributed by atoms with E-state index in [9.17, 15) is 27.6 Å². The first-order valence-corrected chi connectivity index (χ1v) is 8.30. The molecule has 0 spiro atoms. The Bertz CT molecular complexity index is 948. The average Bonchev–Trinajstić information content (AvgIpc) is 2.60. The monoisotopic (exact) mass is 384 g/mol. The number of rotatable bonds is 5. The van der Waals surface area contributed by atoms with Gasteiger partial charge in [0, 0.05) is 18.1 Å². The predicted molar refractivity (Wildman–Crippen MR) is 92.5 cm³/mol. The number of nitrogens with zero attached hydrogens (tertiary/aromatic N) is 1. The van der Waals surface area contributed by atoms with Crippen molar-refractivity contribution in [2.75, 3.05) is 6.54 Å². The first kappa shape index (κ1) is 20.6. The SMILES string of the molecule is CCn1cc(C(=O)OC(=O)C(F)(F)F)c(=O)c2c(C)c(CCCN)ccc21. The van der Waals surface area contributed by atoms with E-state index in [0.717, 1.165) is 11.8 Å². The Morgan fingerprint density at radius 2 is 1.93 bits per heavy atom. The molecule has 146 valence electrons. The van der Waals surface area contributed by atoms with Crippen molar-refractivity contribution in [3.8, 4) is 0 Å². The highest BCUT2D eigenvalue weighted by molar-refractivity contribution is 6.00. The molecule has 0 bridgehead atoms. The fraction of sp³-hybridized carbons (Fsp3) is 0.389. The average molecular weight is 384 g/mol. The van der Waals surface area contributed by atoms with Crippen LogP contribution in [-0.4, -0.2) is 29.2 Å². The highest BCUT2D eigenvalue weighted by atomic mass is 19.4. The summed E-state index contributed by atoms with van der Waals surface area (Å²) in [5.74, 6) is -4.29. The molecule has 0 radical (unpaired) electrons. The first-order valence-electron chi connectivity index (χ1n) is 8.30. The number of fused-ring (bicyclic) bond motifs is 1. The van der Waals surface area contributed by atoms with Gasteiger partial charge in [-0.15, -0.1) is 0 Å². The normalized spacial score (nSPS) is 11.6. The van der Waals surface area contributed by atoms with Gasteiger partial charge in [0.05, 0.1) is 5.52 Å². The first-order chi connectivity index (χ1) is 12.6. The lowest BCUT2D eigenvalue weighted by molar-refractivity contribution is -0.193. The maximum Gasteiger partial charge on any atom is 0.491 e. The summed E-state index contributed by atoms with van der Waals surface area (Å²) in [6.07, 6.45) is -2.92. The summed E-state index contributed by atoms with van der Waals surface area (Å²) >= 11 is 0. The van der Waals surface area contributed by atoms with Crippen LogP contribution < -0.4 is 11.2 Å². The second kappa shape index (κ2) is 7.91. The molecule has 9 heteroatoms. The third-order valence-electron chi connectivity index (χ3n) is 4.25. The molecule has 0 atom stereocenters. The molecule has 2 N–H and O–H groups in total. The van der Waals surface area contributed by atoms with Gasteiger partial charge in [-0.1, -0.05) is 6.07 Å². The van der Waals surface area contributed by atoms with E-state index in [1.807, 2.05) is 6.07 Å². The number of aryl methyl sites for hydroxylation is 3. The minimum atomic E-state index is -5.33. The minimum absolute atomic E-state index is 0.209. The molecule has 0 aliphatic carbocycles. The van der Waals surface area contributed by atoms with Crippen molar-refractivity contribution in [3.63, 3.8) is 0 Å². The van der Waals surface area contributed by atoms with Gasteiger partial charge in [-0.25, -0.2) is 9.59 Å². The minimum Gasteiger partial charge on any atom is -0.382 e. The number of carbonyl (C=O) groups is 2. The number of esters is 2. The van der Waals surface area contributed by atoms with Gasteiger partial charge in [0.2, 0.25) is 5.43 Å². The predicted octanol–water partition coefficient (Wildman–Crippen LogP) is 2.47. The standard InChI is InChI=1S/C18H19F3N2O4/c1-3-23-9-12(16(25)27-17(26)18(19,20)21)15(24)14-10(2)11(5-4-8-22)6-7-13(14)23/h6-7,9H,3-5,8,22H2,1-2H3. The zero-order chi connectivity index (χ0) is 20.4. The lowest BCUT2D eigenvalue weighted by Crippen LogP contribution is -2.30. The Labute approximate surface area is 152 Å². The molecule has 0 saturated carbocycles. The number of benzene rings is 1. The van der Waals surface area contributed by atoms with Gasteiger partial charge in [-0.2, -0.15) is 13.2 Å². The van der Waals surface area contributed by atoms with Gasteiger partial charge < -0.3 is 15.0 Å². The molecule has 1 aromatic carbocycles. The van der Waals surface area contributed by atoms with Gasteiger partial charge in [-0.3, -0.25) is 4.79 Å². The topological polar surface area (TPSA) is 91.4 Å². The molecule has 6 nitrogen and oxygen atoms in total. The molecule has 2 aromatic rings. The summed E-state index contributed by atoms with van der Waals surface area (Å²) in [5.41, 5.74) is 6.11. The third kappa shape index (κ3) is 4.19. The molecule has 0 aliphatic rings. The number of hydrogen-bond acceptors (Lipinski definition) is 5. The van der Waals surface area contributed by atoms with Crippen LogP contribution in [0, 0.1) is 6.92 Å². The molecule has 1 heterocycles. The number of alkyl halides is 3. The zero-order valence-corrected chi connectivity index (χ0v) is 14.9. The number of carbonyl (C=O) groups excluding carboxylic acids is 2. The lowest BCUT2D eigenvalue weighted by Gasteiger charge is -2.15. The van der Waals surface area contributed by atoms with Crippen LogP contribution in [0.2, 0.25) is 0 Å². The van der Waals surface area contributed by atoms with Crippen LogP contribution in [0.4, 0.5) is 13.2 Å². The molecule has 0 aliphatic heterocycles. The Hall–Kier alpha value is -2.68. The summed E-state index contributed by atoms with van der Waals surface area (Å²) in [5, 5.41) is 0.209. The summed E-state index contributed by atoms with van der Waals surface area (Å²) < 4.78 is 42.4. The van der Waals surface area contributed by atoms with E-state index >= 15 is 0 Å².